The molecule has 3 N–H and O–H groups in total. The lowest BCUT2D eigenvalue weighted by Crippen LogP contribution is -2.21. The Labute approximate surface area is 103 Å². The van der Waals surface area contributed by atoms with E-state index in [1.165, 1.54) is 5.56 Å². The first-order valence-corrected chi connectivity index (χ1v) is 5.85. The summed E-state index contributed by atoms with van der Waals surface area (Å²) in [5, 5.41) is 3.39. The Morgan fingerprint density at radius 3 is 2.50 bits per heavy atom. The van der Waals surface area contributed by atoms with E-state index >= 15 is 0 Å². The summed E-state index contributed by atoms with van der Waals surface area (Å²) in [6.45, 7) is 9.50. The van der Waals surface area contributed by atoms with Crippen molar-refractivity contribution in [1.82, 2.24) is 0 Å². The van der Waals surface area contributed by atoms with Crippen LogP contribution in [0, 0.1) is 12.3 Å². The van der Waals surface area contributed by atoms with Gasteiger partial charge >= 0.3 is 0 Å². The molecule has 0 saturated carbocycles. The summed E-state index contributed by atoms with van der Waals surface area (Å²) in [6.07, 6.45) is 0. The molecule has 0 unspecified atom stereocenters. The minimum absolute atomic E-state index is 0.234. The standard InChI is InChI=1S/C13H20N2S/c1-9-5-6-11(10(7-9)12(14)16)15-8-13(2,3)4/h5-7,15H,8H2,1-4H3,(H2,14,16). The number of anilines is 1. The van der Waals surface area contributed by atoms with Crippen LogP contribution in [0.15, 0.2) is 18.2 Å². The summed E-state index contributed by atoms with van der Waals surface area (Å²) in [5.41, 5.74) is 9.07. The molecule has 0 radical (unpaired) electrons. The second-order valence-electron chi connectivity index (χ2n) is 5.33. The molecule has 16 heavy (non-hydrogen) atoms. The van der Waals surface area contributed by atoms with Crippen molar-refractivity contribution in [3.8, 4) is 0 Å². The van der Waals surface area contributed by atoms with E-state index in [9.17, 15) is 0 Å². The summed E-state index contributed by atoms with van der Waals surface area (Å²) < 4.78 is 0. The average Bonchev–Trinajstić information content (AvgIpc) is 2.14. The van der Waals surface area contributed by atoms with Gasteiger partial charge < -0.3 is 11.1 Å². The number of nitrogens with two attached hydrogens (primary N) is 1. The van der Waals surface area contributed by atoms with Crippen LogP contribution >= 0.6 is 12.2 Å². The molecule has 88 valence electrons. The fourth-order valence-electron chi connectivity index (χ4n) is 1.38. The smallest absolute Gasteiger partial charge is 0.106 e. The molecule has 0 saturated heterocycles. The van der Waals surface area contributed by atoms with Gasteiger partial charge in [0.1, 0.15) is 4.99 Å². The van der Waals surface area contributed by atoms with E-state index in [1.54, 1.807) is 0 Å². The zero-order valence-electron chi connectivity index (χ0n) is 10.4. The van der Waals surface area contributed by atoms with Gasteiger partial charge in [-0.25, -0.2) is 0 Å². The number of benzene rings is 1. The summed E-state index contributed by atoms with van der Waals surface area (Å²) >= 11 is 5.05. The van der Waals surface area contributed by atoms with Crippen LogP contribution in [0.1, 0.15) is 31.9 Å². The highest BCUT2D eigenvalue weighted by Gasteiger charge is 2.11. The van der Waals surface area contributed by atoms with Gasteiger partial charge in [0.2, 0.25) is 0 Å². The Morgan fingerprint density at radius 2 is 2.00 bits per heavy atom. The average molecular weight is 236 g/mol. The minimum Gasteiger partial charge on any atom is -0.389 e. The van der Waals surface area contributed by atoms with Gasteiger partial charge in [-0.3, -0.25) is 0 Å². The monoisotopic (exact) mass is 236 g/mol. The second-order valence-corrected chi connectivity index (χ2v) is 5.77. The molecular formula is C13H20N2S. The summed E-state index contributed by atoms with van der Waals surface area (Å²) in [6, 6.07) is 6.12. The van der Waals surface area contributed by atoms with Crippen LogP contribution in [0.5, 0.6) is 0 Å². The molecule has 0 bridgehead atoms. The maximum atomic E-state index is 5.71. The molecule has 0 aliphatic carbocycles. The van der Waals surface area contributed by atoms with Crippen LogP contribution in [0.2, 0.25) is 0 Å². The molecule has 2 nitrogen and oxygen atoms in total. The van der Waals surface area contributed by atoms with Crippen molar-refractivity contribution in [2.75, 3.05) is 11.9 Å². The highest BCUT2D eigenvalue weighted by atomic mass is 32.1. The first-order valence-electron chi connectivity index (χ1n) is 5.44. The fourth-order valence-corrected chi connectivity index (χ4v) is 1.55. The number of aryl methyl sites for hydroxylation is 1. The molecule has 0 aromatic heterocycles. The quantitative estimate of drug-likeness (QED) is 0.792. The van der Waals surface area contributed by atoms with Crippen molar-refractivity contribution in [3.63, 3.8) is 0 Å². The third kappa shape index (κ3) is 3.81. The van der Waals surface area contributed by atoms with E-state index in [2.05, 4.69) is 32.2 Å². The van der Waals surface area contributed by atoms with Crippen molar-refractivity contribution in [2.24, 2.45) is 11.1 Å². The van der Waals surface area contributed by atoms with Crippen LogP contribution in [0.25, 0.3) is 0 Å². The lowest BCUT2D eigenvalue weighted by molar-refractivity contribution is 0.443. The first-order chi connectivity index (χ1) is 7.29. The topological polar surface area (TPSA) is 38.0 Å². The van der Waals surface area contributed by atoms with Crippen LogP contribution in [0.3, 0.4) is 0 Å². The minimum atomic E-state index is 0.234. The lowest BCUT2D eigenvalue weighted by Gasteiger charge is -2.21. The van der Waals surface area contributed by atoms with Crippen LogP contribution in [0.4, 0.5) is 5.69 Å². The van der Waals surface area contributed by atoms with Crippen molar-refractivity contribution in [3.05, 3.63) is 29.3 Å². The highest BCUT2D eigenvalue weighted by Crippen LogP contribution is 2.20. The molecule has 1 aromatic rings. The van der Waals surface area contributed by atoms with Gasteiger partial charge in [-0.05, 0) is 24.5 Å². The molecule has 1 rings (SSSR count). The van der Waals surface area contributed by atoms with E-state index in [1.807, 2.05) is 19.1 Å². The van der Waals surface area contributed by atoms with E-state index < -0.39 is 0 Å². The highest BCUT2D eigenvalue weighted by molar-refractivity contribution is 7.80. The Balaban J connectivity index is 2.91. The van der Waals surface area contributed by atoms with E-state index in [0.29, 0.717) is 4.99 Å². The Kier molecular flexibility index (Phi) is 3.92. The third-order valence-corrected chi connectivity index (χ3v) is 2.47. The maximum absolute atomic E-state index is 5.71. The SMILES string of the molecule is Cc1ccc(NCC(C)(C)C)c(C(N)=S)c1. The van der Waals surface area contributed by atoms with Crippen LogP contribution in [-0.4, -0.2) is 11.5 Å². The van der Waals surface area contributed by atoms with Gasteiger partial charge in [0, 0.05) is 17.8 Å². The fraction of sp³-hybridized carbons (Fsp3) is 0.462. The molecule has 3 heteroatoms. The van der Waals surface area contributed by atoms with Crippen molar-refractivity contribution >= 4 is 22.9 Å². The molecular weight excluding hydrogens is 216 g/mol. The second kappa shape index (κ2) is 4.83. The Bertz CT molecular complexity index is 391. The number of hydrogen-bond acceptors (Lipinski definition) is 2. The number of thiocarbonyl (C=S) groups is 1. The largest absolute Gasteiger partial charge is 0.389 e. The zero-order valence-corrected chi connectivity index (χ0v) is 11.2. The summed E-state index contributed by atoms with van der Waals surface area (Å²) in [5.74, 6) is 0. The predicted octanol–water partition coefficient (Wildman–Crippen LogP) is 3.09. The van der Waals surface area contributed by atoms with Crippen LogP contribution < -0.4 is 11.1 Å². The van der Waals surface area contributed by atoms with Gasteiger partial charge in [-0.15, -0.1) is 0 Å². The lowest BCUT2D eigenvalue weighted by atomic mass is 9.96. The zero-order chi connectivity index (χ0) is 12.3. The number of nitrogens with one attached hydrogen (secondary N) is 1. The third-order valence-electron chi connectivity index (χ3n) is 2.25. The molecule has 0 atom stereocenters. The summed E-state index contributed by atoms with van der Waals surface area (Å²) in [7, 11) is 0. The summed E-state index contributed by atoms with van der Waals surface area (Å²) in [4.78, 5) is 0.445. The van der Waals surface area contributed by atoms with E-state index in [0.717, 1.165) is 17.8 Å². The van der Waals surface area contributed by atoms with Gasteiger partial charge in [0.25, 0.3) is 0 Å². The van der Waals surface area contributed by atoms with Gasteiger partial charge in [-0.2, -0.15) is 0 Å². The maximum Gasteiger partial charge on any atom is 0.106 e. The number of hydrogen-bond donors (Lipinski definition) is 2. The molecule has 0 aliphatic rings. The van der Waals surface area contributed by atoms with Crippen LogP contribution in [-0.2, 0) is 0 Å². The van der Waals surface area contributed by atoms with Crippen molar-refractivity contribution in [1.29, 1.82) is 0 Å². The molecule has 0 spiro atoms. The van der Waals surface area contributed by atoms with Gasteiger partial charge in [-0.1, -0.05) is 44.6 Å². The first kappa shape index (κ1) is 13.0. The Morgan fingerprint density at radius 1 is 1.38 bits per heavy atom. The van der Waals surface area contributed by atoms with Gasteiger partial charge in [0.05, 0.1) is 0 Å². The van der Waals surface area contributed by atoms with E-state index in [-0.39, 0.29) is 5.41 Å². The van der Waals surface area contributed by atoms with Crippen molar-refractivity contribution in [2.45, 2.75) is 27.7 Å². The normalized spacial score (nSPS) is 11.2. The van der Waals surface area contributed by atoms with E-state index in [4.69, 9.17) is 18.0 Å². The predicted molar refractivity (Wildman–Crippen MR) is 75.0 cm³/mol. The number of rotatable bonds is 3. The Hall–Kier alpha value is -1.09. The molecule has 0 amide bonds. The molecule has 0 heterocycles. The molecule has 0 aliphatic heterocycles. The van der Waals surface area contributed by atoms with Gasteiger partial charge in [0.15, 0.2) is 0 Å². The van der Waals surface area contributed by atoms with Crippen molar-refractivity contribution < 1.29 is 0 Å². The molecule has 0 fully saturated rings. The molecule has 1 aromatic carbocycles.